The van der Waals surface area contributed by atoms with Crippen molar-refractivity contribution in [1.29, 1.82) is 0 Å². The van der Waals surface area contributed by atoms with Gasteiger partial charge in [0.25, 0.3) is 11.8 Å². The van der Waals surface area contributed by atoms with Gasteiger partial charge in [-0.25, -0.2) is 0 Å². The highest BCUT2D eigenvalue weighted by atomic mass is 127. The Morgan fingerprint density at radius 3 is 1.78 bits per heavy atom. The van der Waals surface area contributed by atoms with Gasteiger partial charge in [0, 0.05) is 24.0 Å². The second-order valence-corrected chi connectivity index (χ2v) is 11.1. The van der Waals surface area contributed by atoms with Crippen LogP contribution >= 0.6 is 67.8 Å². The van der Waals surface area contributed by atoms with Gasteiger partial charge in [0.15, 0.2) is 0 Å². The molecule has 0 saturated heterocycles. The van der Waals surface area contributed by atoms with Crippen LogP contribution in [0.15, 0.2) is 0 Å². The molecular weight excluding hydrogens is 835 g/mol. The van der Waals surface area contributed by atoms with Gasteiger partial charge in [-0.15, -0.1) is 0 Å². The molecular formula is C21H28I3N3O10. The molecule has 0 aliphatic carbocycles. The number of rotatable bonds is 13. The number of hydrogen-bond donors (Lipinski definition) is 6. The Morgan fingerprint density at radius 2 is 1.35 bits per heavy atom. The van der Waals surface area contributed by atoms with E-state index in [0.29, 0.717) is 0 Å². The zero-order valence-corrected chi connectivity index (χ0v) is 26.3. The van der Waals surface area contributed by atoms with Crippen molar-refractivity contribution in [2.45, 2.75) is 32.2 Å². The SMILES string of the molecule is CC(=O)OC(CO)CN(CC(O)CO)C(=O)c1c(I)c(C(N)=O)c(I)c(N(CC(O)CO)C(C)=O)c1I. The standard InChI is InChI=1S/C21H28I3N3O10/c1-9(31)27(4-12(34)7-29)19-17(23)14(20(25)35)16(22)15(18(19)24)21(36)26(3-11(33)6-28)5-13(8-30)37-10(2)32/h11-13,28-30,33-34H,3-8H2,1-2H3,(H2,25,35). The van der Waals surface area contributed by atoms with Crippen LogP contribution in [0.25, 0.3) is 0 Å². The Kier molecular flexibility index (Phi) is 14.4. The quantitative estimate of drug-likeness (QED) is 0.106. The van der Waals surface area contributed by atoms with Crippen LogP contribution in [0.3, 0.4) is 0 Å². The molecule has 0 aliphatic rings. The van der Waals surface area contributed by atoms with E-state index in [9.17, 15) is 44.7 Å². The maximum Gasteiger partial charge on any atom is 0.303 e. The summed E-state index contributed by atoms with van der Waals surface area (Å²) < 4.78 is 5.57. The number of hydrogen-bond acceptors (Lipinski definition) is 10. The first-order valence-electron chi connectivity index (χ1n) is 10.6. The number of aliphatic hydroxyl groups is 5. The molecule has 13 nitrogen and oxygen atoms in total. The minimum Gasteiger partial charge on any atom is -0.458 e. The third-order valence-corrected chi connectivity index (χ3v) is 8.08. The predicted octanol–water partition coefficient (Wildman–Crippen LogP) is -0.975. The van der Waals surface area contributed by atoms with E-state index < -0.39 is 68.4 Å². The summed E-state index contributed by atoms with van der Waals surface area (Å²) in [6.45, 7) is -0.820. The summed E-state index contributed by atoms with van der Waals surface area (Å²) in [4.78, 5) is 52.3. The van der Waals surface area contributed by atoms with E-state index in [1.165, 1.54) is 6.92 Å². The number of carbonyl (C=O) groups excluding carboxylic acids is 4. The summed E-state index contributed by atoms with van der Waals surface area (Å²) in [6, 6.07) is 0. The van der Waals surface area contributed by atoms with Crippen LogP contribution in [0.1, 0.15) is 34.6 Å². The highest BCUT2D eigenvalue weighted by Gasteiger charge is 2.34. The summed E-state index contributed by atoms with van der Waals surface area (Å²) >= 11 is 5.36. The molecule has 208 valence electrons. The van der Waals surface area contributed by atoms with Crippen molar-refractivity contribution in [2.75, 3.05) is 44.4 Å². The van der Waals surface area contributed by atoms with Crippen LogP contribution in [0.2, 0.25) is 0 Å². The molecule has 7 N–H and O–H groups in total. The largest absolute Gasteiger partial charge is 0.458 e. The highest BCUT2D eigenvalue weighted by Crippen LogP contribution is 2.38. The zero-order chi connectivity index (χ0) is 28.6. The fourth-order valence-corrected chi connectivity index (χ4v) is 8.00. The van der Waals surface area contributed by atoms with Crippen LogP contribution in [0.4, 0.5) is 5.69 Å². The zero-order valence-electron chi connectivity index (χ0n) is 19.9. The average Bonchev–Trinajstić information content (AvgIpc) is 2.81. The lowest BCUT2D eigenvalue weighted by Gasteiger charge is -2.31. The number of primary amides is 1. The second kappa shape index (κ2) is 15.6. The number of esters is 1. The van der Waals surface area contributed by atoms with Gasteiger partial charge in [-0.3, -0.25) is 19.2 Å². The average molecular weight is 863 g/mol. The van der Waals surface area contributed by atoms with Crippen molar-refractivity contribution in [3.63, 3.8) is 0 Å². The number of anilines is 1. The van der Waals surface area contributed by atoms with E-state index in [1.54, 1.807) is 67.8 Å². The van der Waals surface area contributed by atoms with Gasteiger partial charge in [-0.2, -0.15) is 0 Å². The van der Waals surface area contributed by atoms with Crippen LogP contribution in [0.5, 0.6) is 0 Å². The van der Waals surface area contributed by atoms with Gasteiger partial charge in [0.1, 0.15) is 6.10 Å². The Labute approximate surface area is 253 Å². The van der Waals surface area contributed by atoms with Gasteiger partial charge in [-0.05, 0) is 67.8 Å². The maximum atomic E-state index is 13.8. The van der Waals surface area contributed by atoms with Crippen LogP contribution in [0, 0.1) is 10.7 Å². The fraction of sp³-hybridized carbons (Fsp3) is 0.524. The molecule has 0 spiro atoms. The van der Waals surface area contributed by atoms with E-state index in [0.717, 1.165) is 16.7 Å². The second-order valence-electron chi connectivity index (χ2n) is 7.83. The third kappa shape index (κ3) is 9.07. The third-order valence-electron chi connectivity index (χ3n) is 4.90. The molecule has 0 saturated carbocycles. The molecule has 3 amide bonds. The molecule has 0 bridgehead atoms. The van der Waals surface area contributed by atoms with Crippen molar-refractivity contribution < 1.29 is 49.4 Å². The summed E-state index contributed by atoms with van der Waals surface area (Å²) in [6.07, 6.45) is -3.87. The Hall–Kier alpha value is -0.910. The lowest BCUT2D eigenvalue weighted by atomic mass is 10.1. The van der Waals surface area contributed by atoms with Gasteiger partial charge in [-0.1, -0.05) is 0 Å². The van der Waals surface area contributed by atoms with Gasteiger partial charge in [0.2, 0.25) is 5.91 Å². The molecule has 0 fully saturated rings. The number of carbonyl (C=O) groups is 4. The van der Waals surface area contributed by atoms with Crippen molar-refractivity contribution >= 4 is 97.2 Å². The molecule has 37 heavy (non-hydrogen) atoms. The first kappa shape index (κ1) is 34.1. The smallest absolute Gasteiger partial charge is 0.303 e. The Bertz CT molecular complexity index is 1030. The molecule has 3 unspecified atom stereocenters. The minimum atomic E-state index is -1.39. The topological polar surface area (TPSA) is 211 Å². The summed E-state index contributed by atoms with van der Waals surface area (Å²) in [5.74, 6) is -2.95. The molecule has 0 aliphatic heterocycles. The van der Waals surface area contributed by atoms with E-state index in [2.05, 4.69) is 0 Å². The number of aliphatic hydroxyl groups excluding tert-OH is 5. The van der Waals surface area contributed by atoms with Crippen LogP contribution in [-0.2, 0) is 14.3 Å². The molecule has 1 rings (SSSR count). The monoisotopic (exact) mass is 863 g/mol. The van der Waals surface area contributed by atoms with Crippen molar-refractivity contribution in [3.05, 3.63) is 21.8 Å². The summed E-state index contributed by atoms with van der Waals surface area (Å²) in [7, 11) is 0. The molecule has 3 atom stereocenters. The molecule has 16 heteroatoms. The molecule has 0 radical (unpaired) electrons. The molecule has 0 heterocycles. The predicted molar refractivity (Wildman–Crippen MR) is 156 cm³/mol. The number of amides is 3. The van der Waals surface area contributed by atoms with Gasteiger partial charge in [0.05, 0.1) is 69.1 Å². The lowest BCUT2D eigenvalue weighted by Crippen LogP contribution is -2.46. The van der Waals surface area contributed by atoms with E-state index >= 15 is 0 Å². The first-order valence-corrected chi connectivity index (χ1v) is 13.9. The first-order chi connectivity index (χ1) is 17.2. The number of halogens is 3. The van der Waals surface area contributed by atoms with Gasteiger partial charge < -0.3 is 45.8 Å². The summed E-state index contributed by atoms with van der Waals surface area (Å²) in [5.41, 5.74) is 5.55. The number of nitrogens with two attached hydrogens (primary N) is 1. The molecule has 1 aromatic rings. The highest BCUT2D eigenvalue weighted by molar-refractivity contribution is 14.1. The Morgan fingerprint density at radius 1 is 0.838 bits per heavy atom. The van der Waals surface area contributed by atoms with Crippen molar-refractivity contribution in [3.8, 4) is 0 Å². The molecule has 0 aromatic heterocycles. The van der Waals surface area contributed by atoms with Gasteiger partial charge >= 0.3 is 5.97 Å². The van der Waals surface area contributed by atoms with Crippen LogP contribution < -0.4 is 10.6 Å². The van der Waals surface area contributed by atoms with E-state index in [4.69, 9.17) is 10.5 Å². The molecule has 1 aromatic carbocycles. The van der Waals surface area contributed by atoms with Crippen molar-refractivity contribution in [2.24, 2.45) is 5.73 Å². The van der Waals surface area contributed by atoms with E-state index in [1.807, 2.05) is 0 Å². The Balaban J connectivity index is 3.87. The number of nitrogens with zero attached hydrogens (tertiary/aromatic N) is 2. The lowest BCUT2D eigenvalue weighted by molar-refractivity contribution is -0.149. The fourth-order valence-electron chi connectivity index (χ4n) is 3.26. The summed E-state index contributed by atoms with van der Waals surface area (Å²) in [5, 5.41) is 48.4. The normalized spacial score (nSPS) is 13.5. The van der Waals surface area contributed by atoms with Crippen molar-refractivity contribution in [1.82, 2.24) is 4.90 Å². The number of ether oxygens (including phenoxy) is 1. The number of benzene rings is 1. The minimum absolute atomic E-state index is 0.0777. The van der Waals surface area contributed by atoms with Crippen LogP contribution in [-0.4, -0.2) is 112 Å². The maximum absolute atomic E-state index is 13.8. The van der Waals surface area contributed by atoms with E-state index in [-0.39, 0.29) is 40.6 Å².